The van der Waals surface area contributed by atoms with Crippen molar-refractivity contribution in [2.75, 3.05) is 6.54 Å². The van der Waals surface area contributed by atoms with E-state index in [2.05, 4.69) is 15.8 Å². The van der Waals surface area contributed by atoms with Crippen LogP contribution in [-0.2, 0) is 4.79 Å². The summed E-state index contributed by atoms with van der Waals surface area (Å²) in [6.07, 6.45) is 1.43. The number of rotatable bonds is 7. The predicted molar refractivity (Wildman–Crippen MR) is 117 cm³/mol. The van der Waals surface area contributed by atoms with Crippen molar-refractivity contribution >= 4 is 35.6 Å². The Morgan fingerprint density at radius 3 is 2.23 bits per heavy atom. The number of esters is 1. The maximum atomic E-state index is 12.0. The van der Waals surface area contributed by atoms with Crippen LogP contribution in [0.4, 0.5) is 0 Å². The highest BCUT2D eigenvalue weighted by molar-refractivity contribution is 6.30. The first-order chi connectivity index (χ1) is 15.0. The molecule has 31 heavy (non-hydrogen) atoms. The number of amides is 2. The average molecular weight is 436 g/mol. The van der Waals surface area contributed by atoms with Crippen molar-refractivity contribution in [1.82, 2.24) is 10.7 Å². The van der Waals surface area contributed by atoms with E-state index in [9.17, 15) is 14.4 Å². The Hall–Kier alpha value is -3.97. The minimum Gasteiger partial charge on any atom is -0.423 e. The normalized spacial score (nSPS) is 10.5. The highest BCUT2D eigenvalue weighted by atomic mass is 35.5. The summed E-state index contributed by atoms with van der Waals surface area (Å²) in [7, 11) is 0. The lowest BCUT2D eigenvalue weighted by Crippen LogP contribution is -2.34. The number of carbonyl (C=O) groups is 3. The van der Waals surface area contributed by atoms with E-state index >= 15 is 0 Å². The van der Waals surface area contributed by atoms with Gasteiger partial charge in [-0.05, 0) is 66.2 Å². The molecule has 0 aliphatic rings. The van der Waals surface area contributed by atoms with Gasteiger partial charge in [0.25, 0.3) is 11.8 Å². The highest BCUT2D eigenvalue weighted by Crippen LogP contribution is 2.13. The summed E-state index contributed by atoms with van der Waals surface area (Å²) in [6, 6.07) is 21.6. The van der Waals surface area contributed by atoms with Gasteiger partial charge >= 0.3 is 5.97 Å². The zero-order valence-electron chi connectivity index (χ0n) is 16.2. The van der Waals surface area contributed by atoms with Crippen molar-refractivity contribution < 1.29 is 19.1 Å². The Morgan fingerprint density at radius 1 is 0.871 bits per heavy atom. The third-order valence-corrected chi connectivity index (χ3v) is 4.27. The number of hydrazone groups is 1. The Labute approximate surface area is 183 Å². The van der Waals surface area contributed by atoms with Crippen LogP contribution in [0.5, 0.6) is 5.75 Å². The van der Waals surface area contributed by atoms with Crippen LogP contribution >= 0.6 is 11.6 Å². The van der Waals surface area contributed by atoms with Crippen LogP contribution in [0.15, 0.2) is 84.0 Å². The molecule has 7 nitrogen and oxygen atoms in total. The number of halogens is 1. The molecular weight excluding hydrogens is 418 g/mol. The van der Waals surface area contributed by atoms with Crippen LogP contribution in [0.3, 0.4) is 0 Å². The van der Waals surface area contributed by atoms with Crippen LogP contribution < -0.4 is 15.5 Å². The minimum atomic E-state index is -0.480. The van der Waals surface area contributed by atoms with Crippen LogP contribution in [0.2, 0.25) is 5.02 Å². The molecule has 0 saturated carbocycles. The van der Waals surface area contributed by atoms with Crippen LogP contribution in [-0.4, -0.2) is 30.5 Å². The van der Waals surface area contributed by atoms with Crippen molar-refractivity contribution in [2.24, 2.45) is 5.10 Å². The van der Waals surface area contributed by atoms with Gasteiger partial charge in [0.15, 0.2) is 0 Å². The van der Waals surface area contributed by atoms with Crippen molar-refractivity contribution in [2.45, 2.75) is 0 Å². The maximum absolute atomic E-state index is 12.0. The predicted octanol–water partition coefficient (Wildman–Crippen LogP) is 3.44. The molecule has 0 aromatic heterocycles. The number of hydrogen-bond donors (Lipinski definition) is 2. The molecule has 2 N–H and O–H groups in total. The van der Waals surface area contributed by atoms with Crippen LogP contribution in [0.1, 0.15) is 26.3 Å². The fraction of sp³-hybridized carbons (Fsp3) is 0.0435. The lowest BCUT2D eigenvalue weighted by atomic mass is 10.2. The standard InChI is InChI=1S/C23H18ClN3O4/c24-19-10-8-17(9-11-19)22(29)25-15-21(28)27-26-14-16-6-12-20(13-7-16)31-23(30)18-4-2-1-3-5-18/h1-14H,15H2,(H,25,29)(H,27,28)/b26-14-. The van der Waals surface area contributed by atoms with Gasteiger partial charge in [0.05, 0.1) is 18.3 Å². The summed E-state index contributed by atoms with van der Waals surface area (Å²) in [5.41, 5.74) is 3.86. The van der Waals surface area contributed by atoms with E-state index in [-0.39, 0.29) is 6.54 Å². The van der Waals surface area contributed by atoms with Gasteiger partial charge in [0.1, 0.15) is 5.75 Å². The van der Waals surface area contributed by atoms with Crippen molar-refractivity contribution in [3.63, 3.8) is 0 Å². The Kier molecular flexibility index (Phi) is 7.50. The topological polar surface area (TPSA) is 96.9 Å². The molecule has 0 bridgehead atoms. The zero-order valence-corrected chi connectivity index (χ0v) is 17.0. The second-order valence-corrected chi connectivity index (χ2v) is 6.74. The van der Waals surface area contributed by atoms with E-state index in [1.165, 1.54) is 6.21 Å². The highest BCUT2D eigenvalue weighted by Gasteiger charge is 2.08. The number of hydrogen-bond acceptors (Lipinski definition) is 5. The molecule has 0 heterocycles. The van der Waals surface area contributed by atoms with Crippen LogP contribution in [0, 0.1) is 0 Å². The van der Waals surface area contributed by atoms with Gasteiger partial charge in [-0.2, -0.15) is 5.10 Å². The fourth-order valence-electron chi connectivity index (χ4n) is 2.44. The number of nitrogens with zero attached hydrogens (tertiary/aromatic N) is 1. The lowest BCUT2D eigenvalue weighted by molar-refractivity contribution is -0.120. The third-order valence-electron chi connectivity index (χ3n) is 4.02. The zero-order chi connectivity index (χ0) is 22.1. The molecule has 156 valence electrons. The summed E-state index contributed by atoms with van der Waals surface area (Å²) in [6.45, 7) is -0.229. The molecule has 3 aromatic carbocycles. The monoisotopic (exact) mass is 435 g/mol. The molecule has 3 rings (SSSR count). The summed E-state index contributed by atoms with van der Waals surface area (Å²) >= 11 is 5.77. The van der Waals surface area contributed by atoms with E-state index in [0.29, 0.717) is 27.5 Å². The molecule has 0 saturated heterocycles. The molecule has 2 amide bonds. The second kappa shape index (κ2) is 10.7. The van der Waals surface area contributed by atoms with Crippen molar-refractivity contribution in [1.29, 1.82) is 0 Å². The summed E-state index contributed by atoms with van der Waals surface area (Å²) in [5, 5.41) is 6.85. The van der Waals surface area contributed by atoms with E-state index in [1.54, 1.807) is 72.8 Å². The molecule has 0 aliphatic heterocycles. The second-order valence-electron chi connectivity index (χ2n) is 6.31. The summed E-state index contributed by atoms with van der Waals surface area (Å²) < 4.78 is 5.29. The van der Waals surface area contributed by atoms with Gasteiger partial charge in [-0.1, -0.05) is 29.8 Å². The SMILES string of the molecule is O=C(CNC(=O)c1ccc(Cl)cc1)N/N=C\c1ccc(OC(=O)c2ccccc2)cc1. The van der Waals surface area contributed by atoms with Gasteiger partial charge in [-0.15, -0.1) is 0 Å². The Balaban J connectivity index is 1.44. The van der Waals surface area contributed by atoms with E-state index in [4.69, 9.17) is 16.3 Å². The lowest BCUT2D eigenvalue weighted by Gasteiger charge is -2.05. The van der Waals surface area contributed by atoms with E-state index < -0.39 is 17.8 Å². The minimum absolute atomic E-state index is 0.229. The van der Waals surface area contributed by atoms with E-state index in [1.807, 2.05) is 6.07 Å². The molecule has 3 aromatic rings. The maximum Gasteiger partial charge on any atom is 0.343 e. The molecule has 0 spiro atoms. The van der Waals surface area contributed by atoms with Crippen molar-refractivity contribution in [3.05, 3.63) is 101 Å². The number of benzene rings is 3. The largest absolute Gasteiger partial charge is 0.423 e. The Morgan fingerprint density at radius 2 is 1.55 bits per heavy atom. The summed E-state index contributed by atoms with van der Waals surface area (Å²) in [5.74, 6) is -0.932. The first-order valence-electron chi connectivity index (χ1n) is 9.24. The molecule has 8 heteroatoms. The average Bonchev–Trinajstić information content (AvgIpc) is 2.79. The smallest absolute Gasteiger partial charge is 0.343 e. The van der Waals surface area contributed by atoms with Gasteiger partial charge in [0, 0.05) is 10.6 Å². The first kappa shape index (κ1) is 21.7. The third kappa shape index (κ3) is 6.80. The molecule has 0 aliphatic carbocycles. The van der Waals surface area contributed by atoms with E-state index in [0.717, 1.165) is 0 Å². The number of carbonyl (C=O) groups excluding carboxylic acids is 3. The molecular formula is C23H18ClN3O4. The molecule has 0 unspecified atom stereocenters. The molecule has 0 atom stereocenters. The van der Waals surface area contributed by atoms with Gasteiger partial charge in [0.2, 0.25) is 0 Å². The summed E-state index contributed by atoms with van der Waals surface area (Å²) in [4.78, 5) is 35.8. The van der Waals surface area contributed by atoms with Crippen LogP contribution in [0.25, 0.3) is 0 Å². The van der Waals surface area contributed by atoms with Gasteiger partial charge in [-0.25, -0.2) is 10.2 Å². The molecule has 0 radical (unpaired) electrons. The quantitative estimate of drug-likeness (QED) is 0.257. The Bertz CT molecular complexity index is 1080. The fourth-order valence-corrected chi connectivity index (χ4v) is 2.57. The molecule has 0 fully saturated rings. The first-order valence-corrected chi connectivity index (χ1v) is 9.62. The van der Waals surface area contributed by atoms with Gasteiger partial charge < -0.3 is 10.1 Å². The number of nitrogens with one attached hydrogen (secondary N) is 2. The van der Waals surface area contributed by atoms with Gasteiger partial charge in [-0.3, -0.25) is 9.59 Å². The number of ether oxygens (including phenoxy) is 1. The van der Waals surface area contributed by atoms with Crippen molar-refractivity contribution in [3.8, 4) is 5.75 Å².